The van der Waals surface area contributed by atoms with Crippen LogP contribution in [0.2, 0.25) is 0 Å². The van der Waals surface area contributed by atoms with Crippen molar-refractivity contribution < 1.29 is 9.47 Å². The molecule has 4 rings (SSSR count). The summed E-state index contributed by atoms with van der Waals surface area (Å²) in [6, 6.07) is 17.4. The summed E-state index contributed by atoms with van der Waals surface area (Å²) in [7, 11) is 1.69. The van der Waals surface area contributed by atoms with Crippen LogP contribution in [0.4, 0.5) is 0 Å². The number of aryl methyl sites for hydroxylation is 1. The van der Waals surface area contributed by atoms with Gasteiger partial charge in [0.2, 0.25) is 0 Å². The third-order valence-electron chi connectivity index (χ3n) is 5.69. The largest absolute Gasteiger partial charge is 0.497 e. The summed E-state index contributed by atoms with van der Waals surface area (Å²) >= 11 is 0. The van der Waals surface area contributed by atoms with Crippen LogP contribution in [0, 0.1) is 6.92 Å². The molecule has 29 heavy (non-hydrogen) atoms. The number of nitrogens with zero attached hydrogens (tertiary/aromatic N) is 1. The molecule has 0 aliphatic carbocycles. The lowest BCUT2D eigenvalue weighted by molar-refractivity contribution is -0.0630. The zero-order chi connectivity index (χ0) is 20.4. The first-order valence-corrected chi connectivity index (χ1v) is 10.4. The number of benzene rings is 2. The van der Waals surface area contributed by atoms with E-state index in [1.807, 2.05) is 12.1 Å². The Morgan fingerprint density at radius 3 is 2.66 bits per heavy atom. The molecule has 0 radical (unpaired) electrons. The Bertz CT molecular complexity index is 996. The molecule has 0 saturated carbocycles. The van der Waals surface area contributed by atoms with E-state index < -0.39 is 0 Å². The Labute approximate surface area is 173 Å². The Kier molecular flexibility index (Phi) is 5.57. The Morgan fingerprint density at radius 1 is 1.14 bits per heavy atom. The van der Waals surface area contributed by atoms with Crippen LogP contribution in [-0.2, 0) is 11.3 Å². The molecule has 0 spiro atoms. The molecule has 1 unspecified atom stereocenters. The molecule has 1 aromatic heterocycles. The Morgan fingerprint density at radius 2 is 1.93 bits per heavy atom. The number of nitrogens with one attached hydrogen (secondary N) is 1. The lowest BCUT2D eigenvalue weighted by Gasteiger charge is -2.36. The van der Waals surface area contributed by atoms with Crippen LogP contribution in [-0.4, -0.2) is 30.3 Å². The quantitative estimate of drug-likeness (QED) is 0.645. The first-order valence-electron chi connectivity index (χ1n) is 10.4. The Balaban J connectivity index is 1.67. The van der Waals surface area contributed by atoms with E-state index in [9.17, 15) is 0 Å². The molecule has 1 aliphatic heterocycles. The molecule has 1 atom stereocenters. The van der Waals surface area contributed by atoms with E-state index in [2.05, 4.69) is 62.5 Å². The van der Waals surface area contributed by atoms with E-state index in [1.165, 1.54) is 16.5 Å². The monoisotopic (exact) mass is 390 g/mol. The van der Waals surface area contributed by atoms with Gasteiger partial charge in [-0.15, -0.1) is 0 Å². The van der Waals surface area contributed by atoms with Gasteiger partial charge < -0.3 is 14.8 Å². The van der Waals surface area contributed by atoms with Crippen molar-refractivity contribution in [2.45, 2.75) is 51.8 Å². The number of ether oxygens (including phenoxy) is 2. The molecular formula is C25H30N2O2. The van der Waals surface area contributed by atoms with Crippen LogP contribution in [0.15, 0.2) is 48.5 Å². The van der Waals surface area contributed by atoms with Crippen molar-refractivity contribution in [3.63, 3.8) is 0 Å². The molecule has 2 aromatic carbocycles. The van der Waals surface area contributed by atoms with Gasteiger partial charge in [0.1, 0.15) is 5.75 Å². The highest BCUT2D eigenvalue weighted by Crippen LogP contribution is 2.29. The zero-order valence-corrected chi connectivity index (χ0v) is 17.8. The maximum Gasteiger partial charge on any atom is 0.118 e. The Hall–Kier alpha value is -2.43. The molecule has 0 amide bonds. The van der Waals surface area contributed by atoms with Gasteiger partial charge in [-0.05, 0) is 81.1 Å². The second-order valence-corrected chi connectivity index (χ2v) is 8.60. The van der Waals surface area contributed by atoms with Crippen molar-refractivity contribution in [1.82, 2.24) is 10.3 Å². The molecule has 1 N–H and O–H groups in total. The fourth-order valence-electron chi connectivity index (χ4n) is 4.11. The number of pyridine rings is 1. The van der Waals surface area contributed by atoms with E-state index in [-0.39, 0.29) is 5.60 Å². The molecule has 1 saturated heterocycles. The summed E-state index contributed by atoms with van der Waals surface area (Å²) in [5.74, 6) is 0.856. The van der Waals surface area contributed by atoms with Gasteiger partial charge in [0, 0.05) is 30.1 Å². The van der Waals surface area contributed by atoms with Crippen molar-refractivity contribution >= 4 is 10.9 Å². The van der Waals surface area contributed by atoms with Crippen molar-refractivity contribution in [3.05, 3.63) is 59.7 Å². The number of methoxy groups -OCH3 is 1. The summed E-state index contributed by atoms with van der Waals surface area (Å²) in [5.41, 5.74) is 5.56. The predicted molar refractivity (Wildman–Crippen MR) is 118 cm³/mol. The topological polar surface area (TPSA) is 43.4 Å². The molecule has 152 valence electrons. The zero-order valence-electron chi connectivity index (χ0n) is 17.8. The van der Waals surface area contributed by atoms with Gasteiger partial charge >= 0.3 is 0 Å². The van der Waals surface area contributed by atoms with Crippen LogP contribution in [0.5, 0.6) is 5.75 Å². The molecule has 4 heteroatoms. The van der Waals surface area contributed by atoms with E-state index >= 15 is 0 Å². The molecule has 1 aliphatic rings. The second-order valence-electron chi connectivity index (χ2n) is 8.60. The normalized spacial score (nSPS) is 18.7. The molecule has 4 nitrogen and oxygen atoms in total. The van der Waals surface area contributed by atoms with Crippen molar-refractivity contribution in [3.8, 4) is 17.0 Å². The maximum atomic E-state index is 5.87. The van der Waals surface area contributed by atoms with Crippen LogP contribution in [0.25, 0.3) is 22.2 Å². The van der Waals surface area contributed by atoms with Crippen LogP contribution in [0.3, 0.4) is 0 Å². The van der Waals surface area contributed by atoms with Gasteiger partial charge in [-0.25, -0.2) is 4.98 Å². The molecule has 2 heterocycles. The van der Waals surface area contributed by atoms with Gasteiger partial charge in [0.15, 0.2) is 0 Å². The van der Waals surface area contributed by atoms with Crippen LogP contribution < -0.4 is 10.1 Å². The first-order chi connectivity index (χ1) is 13.9. The third kappa shape index (κ3) is 4.60. The van der Waals surface area contributed by atoms with Gasteiger partial charge in [-0.3, -0.25) is 0 Å². The fraction of sp³-hybridized carbons (Fsp3) is 0.400. The van der Waals surface area contributed by atoms with Gasteiger partial charge in [-0.2, -0.15) is 0 Å². The van der Waals surface area contributed by atoms with Gasteiger partial charge in [0.25, 0.3) is 0 Å². The minimum Gasteiger partial charge on any atom is -0.497 e. The highest BCUT2D eigenvalue weighted by Gasteiger charge is 2.28. The molecule has 1 fully saturated rings. The number of hydrogen-bond acceptors (Lipinski definition) is 4. The lowest BCUT2D eigenvalue weighted by Crippen LogP contribution is -2.43. The highest BCUT2D eigenvalue weighted by molar-refractivity contribution is 5.84. The van der Waals surface area contributed by atoms with Gasteiger partial charge in [0.05, 0.1) is 23.9 Å². The average molecular weight is 391 g/mol. The summed E-state index contributed by atoms with van der Waals surface area (Å²) in [5, 5.41) is 4.94. The standard InChI is InChI=1S/C25H30N2O2/c1-17-5-6-19-14-20(16-26-21-11-12-29-25(2,3)15-21)24(27-23(19)13-17)18-7-9-22(28-4)10-8-18/h5-10,13-14,21,26H,11-12,15-16H2,1-4H3. The number of hydrogen-bond donors (Lipinski definition) is 1. The molecule has 0 bridgehead atoms. The SMILES string of the molecule is COc1ccc(-c2nc3cc(C)ccc3cc2CNC2CCOC(C)(C)C2)cc1. The van der Waals surface area contributed by atoms with E-state index in [0.717, 1.165) is 48.5 Å². The second kappa shape index (κ2) is 8.13. The summed E-state index contributed by atoms with van der Waals surface area (Å²) in [4.78, 5) is 5.05. The number of rotatable bonds is 5. The third-order valence-corrected chi connectivity index (χ3v) is 5.69. The number of fused-ring (bicyclic) bond motifs is 1. The minimum atomic E-state index is -0.0616. The van der Waals surface area contributed by atoms with Crippen LogP contribution >= 0.6 is 0 Å². The molecular weight excluding hydrogens is 360 g/mol. The van der Waals surface area contributed by atoms with Crippen molar-refractivity contribution in [1.29, 1.82) is 0 Å². The summed E-state index contributed by atoms with van der Waals surface area (Å²) in [6.07, 6.45) is 2.06. The van der Waals surface area contributed by atoms with E-state index in [0.29, 0.717) is 6.04 Å². The summed E-state index contributed by atoms with van der Waals surface area (Å²) < 4.78 is 11.2. The smallest absolute Gasteiger partial charge is 0.118 e. The highest BCUT2D eigenvalue weighted by atomic mass is 16.5. The predicted octanol–water partition coefficient (Wildman–Crippen LogP) is 5.27. The van der Waals surface area contributed by atoms with Gasteiger partial charge in [-0.1, -0.05) is 12.1 Å². The number of aromatic nitrogens is 1. The average Bonchev–Trinajstić information content (AvgIpc) is 2.71. The van der Waals surface area contributed by atoms with Crippen LogP contribution in [0.1, 0.15) is 37.8 Å². The first kappa shape index (κ1) is 19.9. The maximum absolute atomic E-state index is 5.87. The molecule has 3 aromatic rings. The van der Waals surface area contributed by atoms with E-state index in [4.69, 9.17) is 14.5 Å². The van der Waals surface area contributed by atoms with Crippen molar-refractivity contribution in [2.75, 3.05) is 13.7 Å². The lowest BCUT2D eigenvalue weighted by atomic mass is 9.93. The van der Waals surface area contributed by atoms with Crippen molar-refractivity contribution in [2.24, 2.45) is 0 Å². The minimum absolute atomic E-state index is 0.0616. The van der Waals surface area contributed by atoms with E-state index in [1.54, 1.807) is 7.11 Å². The fourth-order valence-corrected chi connectivity index (χ4v) is 4.11. The summed E-state index contributed by atoms with van der Waals surface area (Å²) in [6.45, 7) is 8.05.